The Kier molecular flexibility index (Phi) is 4.47. The highest BCUT2D eigenvalue weighted by Gasteiger charge is 2.36. The van der Waals surface area contributed by atoms with Crippen LogP contribution in [0.5, 0.6) is 5.75 Å². The summed E-state index contributed by atoms with van der Waals surface area (Å²) in [5.74, 6) is 0.745. The van der Waals surface area contributed by atoms with Gasteiger partial charge in [-0.25, -0.2) is 0 Å². The smallest absolute Gasteiger partial charge is 0.263 e. The molecule has 1 aromatic heterocycles. The lowest BCUT2D eigenvalue weighted by molar-refractivity contribution is 0.0921. The van der Waals surface area contributed by atoms with E-state index in [0.717, 1.165) is 27.3 Å². The molecule has 4 rings (SSSR count). The summed E-state index contributed by atoms with van der Waals surface area (Å²) >= 11 is 4.94. The Morgan fingerprint density at radius 2 is 2.21 bits per heavy atom. The van der Waals surface area contributed by atoms with Gasteiger partial charge < -0.3 is 19.7 Å². The van der Waals surface area contributed by atoms with Crippen molar-refractivity contribution in [1.29, 1.82) is 0 Å². The number of amides is 1. The molecule has 0 fully saturated rings. The molecule has 0 saturated heterocycles. The molecule has 1 aromatic carbocycles. The third-order valence-electron chi connectivity index (χ3n) is 4.23. The molecule has 3 heterocycles. The van der Waals surface area contributed by atoms with Gasteiger partial charge in [0.2, 0.25) is 0 Å². The second-order valence-electron chi connectivity index (χ2n) is 5.79. The van der Waals surface area contributed by atoms with Crippen LogP contribution in [0.4, 0.5) is 5.69 Å². The zero-order valence-electron chi connectivity index (χ0n) is 13.0. The Bertz CT molecular complexity index is 750. The van der Waals surface area contributed by atoms with Gasteiger partial charge in [-0.2, -0.15) is 0 Å². The van der Waals surface area contributed by atoms with Crippen LogP contribution in [0.15, 0.2) is 34.1 Å². The first-order valence-corrected chi connectivity index (χ1v) is 9.46. The van der Waals surface area contributed by atoms with Crippen LogP contribution in [-0.4, -0.2) is 38.3 Å². The van der Waals surface area contributed by atoms with E-state index in [-0.39, 0.29) is 11.9 Å². The summed E-state index contributed by atoms with van der Waals surface area (Å²) in [5.41, 5.74) is 2.05. The van der Waals surface area contributed by atoms with Crippen molar-refractivity contribution in [3.05, 3.63) is 44.6 Å². The van der Waals surface area contributed by atoms with Crippen molar-refractivity contribution in [2.24, 2.45) is 0 Å². The molecule has 7 heteroatoms. The first kappa shape index (κ1) is 15.9. The fourth-order valence-corrected chi connectivity index (χ4v) is 4.77. The zero-order chi connectivity index (χ0) is 16.5. The van der Waals surface area contributed by atoms with Crippen LogP contribution in [0.1, 0.15) is 15.2 Å². The van der Waals surface area contributed by atoms with E-state index in [9.17, 15) is 4.79 Å². The number of ether oxygens (including phenoxy) is 2. The number of rotatable bonds is 4. The van der Waals surface area contributed by atoms with Crippen molar-refractivity contribution in [1.82, 2.24) is 5.32 Å². The van der Waals surface area contributed by atoms with Crippen molar-refractivity contribution in [2.75, 3.05) is 31.2 Å². The molecule has 0 unspecified atom stereocenters. The molecule has 2 aliphatic rings. The Morgan fingerprint density at radius 1 is 1.38 bits per heavy atom. The number of nitrogens with zero attached hydrogens (tertiary/aromatic N) is 1. The van der Waals surface area contributed by atoms with Gasteiger partial charge in [-0.1, -0.05) is 30.3 Å². The summed E-state index contributed by atoms with van der Waals surface area (Å²) in [7, 11) is 0. The highest BCUT2D eigenvalue weighted by molar-refractivity contribution is 9.11. The van der Waals surface area contributed by atoms with Crippen molar-refractivity contribution in [2.45, 2.75) is 12.6 Å². The Labute approximate surface area is 152 Å². The second kappa shape index (κ2) is 6.74. The van der Waals surface area contributed by atoms with Crippen molar-refractivity contribution in [3.8, 4) is 5.75 Å². The lowest BCUT2D eigenvalue weighted by atomic mass is 10.2. The molecule has 1 N–H and O–H groups in total. The van der Waals surface area contributed by atoms with Crippen LogP contribution in [0, 0.1) is 0 Å². The molecule has 0 spiro atoms. The van der Waals surface area contributed by atoms with Gasteiger partial charge in [0.05, 0.1) is 25.8 Å². The summed E-state index contributed by atoms with van der Waals surface area (Å²) in [6, 6.07) is 10.2. The summed E-state index contributed by atoms with van der Waals surface area (Å²) in [5, 5.41) is 3.01. The Balaban J connectivity index is 1.52. The number of benzene rings is 1. The normalized spacial score (nSPS) is 19.3. The number of carbonyl (C=O) groups excluding carboxylic acids is 1. The number of carbonyl (C=O) groups is 1. The van der Waals surface area contributed by atoms with Crippen molar-refractivity contribution >= 4 is 38.9 Å². The number of thiophene rings is 1. The quantitative estimate of drug-likeness (QED) is 0.844. The molecular formula is C17H17BrN2O3S. The average Bonchev–Trinajstić information content (AvgIpc) is 2.89. The van der Waals surface area contributed by atoms with Crippen LogP contribution < -0.4 is 15.0 Å². The third kappa shape index (κ3) is 2.92. The van der Waals surface area contributed by atoms with Crippen LogP contribution in [-0.2, 0) is 11.3 Å². The van der Waals surface area contributed by atoms with E-state index < -0.39 is 0 Å². The minimum absolute atomic E-state index is 0.0389. The maximum atomic E-state index is 12.4. The topological polar surface area (TPSA) is 50.8 Å². The van der Waals surface area contributed by atoms with Gasteiger partial charge >= 0.3 is 0 Å². The molecule has 1 amide bonds. The molecule has 0 aliphatic carbocycles. The summed E-state index contributed by atoms with van der Waals surface area (Å²) in [6.45, 7) is 3.08. The maximum Gasteiger partial charge on any atom is 0.263 e. The molecule has 24 heavy (non-hydrogen) atoms. The van der Waals surface area contributed by atoms with Crippen molar-refractivity contribution in [3.63, 3.8) is 0 Å². The van der Waals surface area contributed by atoms with E-state index in [0.29, 0.717) is 31.2 Å². The standard InChI is InChI=1S/C17H17BrN2O3S/c18-16-14-13-15(24-16)17(21)19-8-12(20(13)6-7-23-14)10-22-9-11-4-2-1-3-5-11/h1-5,12H,6-10H2,(H,19,21)/t12-/m1/s1. The molecule has 0 saturated carbocycles. The van der Waals surface area contributed by atoms with E-state index in [1.165, 1.54) is 11.3 Å². The van der Waals surface area contributed by atoms with E-state index in [4.69, 9.17) is 9.47 Å². The SMILES string of the molecule is O=C1NC[C@H](COCc2ccccc2)N2CCOc3c(Br)sc1c32. The molecule has 2 aliphatic heterocycles. The molecular weight excluding hydrogens is 392 g/mol. The first-order chi connectivity index (χ1) is 11.7. The fraction of sp³-hybridized carbons (Fsp3) is 0.353. The van der Waals surface area contributed by atoms with Crippen LogP contribution in [0.25, 0.3) is 0 Å². The lowest BCUT2D eigenvalue weighted by Gasteiger charge is -2.35. The molecule has 0 bridgehead atoms. The first-order valence-electron chi connectivity index (χ1n) is 7.85. The van der Waals surface area contributed by atoms with Crippen LogP contribution >= 0.6 is 27.3 Å². The molecule has 2 aromatic rings. The third-order valence-corrected chi connectivity index (χ3v) is 6.03. The van der Waals surface area contributed by atoms with Gasteiger partial charge in [-0.05, 0) is 21.5 Å². The summed E-state index contributed by atoms with van der Waals surface area (Å²) < 4.78 is 12.6. The number of anilines is 1. The molecule has 0 radical (unpaired) electrons. The van der Waals surface area contributed by atoms with E-state index in [1.54, 1.807) is 0 Å². The molecule has 1 atom stereocenters. The largest absolute Gasteiger partial charge is 0.487 e. The van der Waals surface area contributed by atoms with Crippen LogP contribution in [0.3, 0.4) is 0 Å². The predicted octanol–water partition coefficient (Wildman–Crippen LogP) is 3.04. The van der Waals surface area contributed by atoms with Gasteiger partial charge in [-0.15, -0.1) is 11.3 Å². The van der Waals surface area contributed by atoms with Gasteiger partial charge in [0.15, 0.2) is 5.75 Å². The van der Waals surface area contributed by atoms with Gasteiger partial charge in [0.25, 0.3) is 5.91 Å². The number of halogens is 1. The second-order valence-corrected chi connectivity index (χ2v) is 8.13. The number of hydrogen-bond acceptors (Lipinski definition) is 5. The van der Waals surface area contributed by atoms with Gasteiger partial charge in [0, 0.05) is 6.54 Å². The average molecular weight is 409 g/mol. The monoisotopic (exact) mass is 408 g/mol. The summed E-state index contributed by atoms with van der Waals surface area (Å²) in [6.07, 6.45) is 0. The minimum atomic E-state index is -0.0389. The molecule has 5 nitrogen and oxygen atoms in total. The Morgan fingerprint density at radius 3 is 3.04 bits per heavy atom. The lowest BCUT2D eigenvalue weighted by Crippen LogP contribution is -2.47. The predicted molar refractivity (Wildman–Crippen MR) is 97.1 cm³/mol. The minimum Gasteiger partial charge on any atom is -0.487 e. The van der Waals surface area contributed by atoms with Gasteiger partial charge in [-0.3, -0.25) is 4.79 Å². The zero-order valence-corrected chi connectivity index (χ0v) is 15.4. The number of hydrogen-bond donors (Lipinski definition) is 1. The van der Waals surface area contributed by atoms with E-state index in [1.807, 2.05) is 18.2 Å². The fourth-order valence-electron chi connectivity index (χ4n) is 3.08. The van der Waals surface area contributed by atoms with Gasteiger partial charge in [0.1, 0.15) is 21.0 Å². The maximum absolute atomic E-state index is 12.4. The highest BCUT2D eigenvalue weighted by Crippen LogP contribution is 2.48. The van der Waals surface area contributed by atoms with E-state index >= 15 is 0 Å². The number of nitrogens with one attached hydrogen (secondary N) is 1. The van der Waals surface area contributed by atoms with E-state index in [2.05, 4.69) is 38.3 Å². The summed E-state index contributed by atoms with van der Waals surface area (Å²) in [4.78, 5) is 15.3. The van der Waals surface area contributed by atoms with Crippen molar-refractivity contribution < 1.29 is 14.3 Å². The highest BCUT2D eigenvalue weighted by atomic mass is 79.9. The van der Waals surface area contributed by atoms with Crippen LogP contribution in [0.2, 0.25) is 0 Å². The Hall–Kier alpha value is -1.57. The molecule has 126 valence electrons.